The third-order valence-corrected chi connectivity index (χ3v) is 1.81. The molecule has 0 fully saturated rings. The monoisotopic (exact) mass is 179 g/mol. The van der Waals surface area contributed by atoms with E-state index >= 15 is 0 Å². The third kappa shape index (κ3) is 3.07. The average molecular weight is 179 g/mol. The number of para-hydroxylation sites is 1. The van der Waals surface area contributed by atoms with Gasteiger partial charge in [-0.15, -0.1) is 0 Å². The molecule has 0 aliphatic heterocycles. The van der Waals surface area contributed by atoms with Gasteiger partial charge in [-0.05, 0) is 31.9 Å². The van der Waals surface area contributed by atoms with E-state index in [-0.39, 0.29) is 6.04 Å². The first-order chi connectivity index (χ1) is 6.24. The molecule has 0 bridgehead atoms. The summed E-state index contributed by atoms with van der Waals surface area (Å²) in [4.78, 5) is 0. The largest absolute Gasteiger partial charge is 0.494 e. The summed E-state index contributed by atoms with van der Waals surface area (Å²) in [5, 5.41) is 0. The van der Waals surface area contributed by atoms with Crippen LogP contribution in [0.25, 0.3) is 0 Å². The molecule has 0 unspecified atom stereocenters. The van der Waals surface area contributed by atoms with E-state index in [0.29, 0.717) is 6.61 Å². The lowest BCUT2D eigenvalue weighted by atomic mass is 10.1. The van der Waals surface area contributed by atoms with Gasteiger partial charge in [-0.2, -0.15) is 0 Å². The molecule has 1 aromatic rings. The van der Waals surface area contributed by atoms with Gasteiger partial charge in [0.05, 0.1) is 6.61 Å². The maximum atomic E-state index is 5.73. The van der Waals surface area contributed by atoms with Gasteiger partial charge in [-0.25, -0.2) is 0 Å². The van der Waals surface area contributed by atoms with Crippen molar-refractivity contribution in [2.45, 2.75) is 26.3 Å². The maximum absolute atomic E-state index is 5.73. The van der Waals surface area contributed by atoms with Crippen LogP contribution in [0.3, 0.4) is 0 Å². The lowest BCUT2D eigenvalue weighted by molar-refractivity contribution is 0.336. The zero-order valence-electron chi connectivity index (χ0n) is 8.29. The average Bonchev–Trinajstić information content (AvgIpc) is 2.08. The zero-order valence-corrected chi connectivity index (χ0v) is 8.29. The van der Waals surface area contributed by atoms with Gasteiger partial charge >= 0.3 is 0 Å². The first kappa shape index (κ1) is 10.1. The van der Waals surface area contributed by atoms with Crippen LogP contribution >= 0.6 is 0 Å². The highest BCUT2D eigenvalue weighted by atomic mass is 16.5. The molecule has 1 atom stereocenters. The molecule has 0 saturated heterocycles. The number of benzene rings is 1. The van der Waals surface area contributed by atoms with Crippen molar-refractivity contribution < 1.29 is 4.74 Å². The summed E-state index contributed by atoms with van der Waals surface area (Å²) >= 11 is 0. The topological polar surface area (TPSA) is 35.2 Å². The number of hydrogen-bond acceptors (Lipinski definition) is 2. The molecule has 2 heteroatoms. The van der Waals surface area contributed by atoms with Gasteiger partial charge in [-0.1, -0.05) is 18.2 Å². The molecule has 0 saturated carbocycles. The van der Waals surface area contributed by atoms with Crippen LogP contribution in [0.1, 0.15) is 19.4 Å². The van der Waals surface area contributed by atoms with Gasteiger partial charge in [0.2, 0.25) is 0 Å². The minimum Gasteiger partial charge on any atom is -0.494 e. The molecule has 1 rings (SSSR count). The Kier molecular flexibility index (Phi) is 3.77. The van der Waals surface area contributed by atoms with E-state index in [0.717, 1.165) is 12.2 Å². The molecule has 0 aliphatic rings. The molecule has 0 amide bonds. The smallest absolute Gasteiger partial charge is 0.122 e. The van der Waals surface area contributed by atoms with Gasteiger partial charge in [-0.3, -0.25) is 0 Å². The predicted molar refractivity (Wildman–Crippen MR) is 55.0 cm³/mol. The number of nitrogens with two attached hydrogens (primary N) is 1. The Balaban J connectivity index is 2.78. The van der Waals surface area contributed by atoms with Crippen LogP contribution in [0, 0.1) is 0 Å². The maximum Gasteiger partial charge on any atom is 0.122 e. The van der Waals surface area contributed by atoms with E-state index in [1.807, 2.05) is 32.0 Å². The zero-order chi connectivity index (χ0) is 9.68. The molecule has 2 nitrogen and oxygen atoms in total. The van der Waals surface area contributed by atoms with Gasteiger partial charge in [0.1, 0.15) is 5.75 Å². The normalized spacial score (nSPS) is 12.5. The van der Waals surface area contributed by atoms with Crippen molar-refractivity contribution in [2.75, 3.05) is 6.61 Å². The van der Waals surface area contributed by atoms with Crippen LogP contribution in [-0.2, 0) is 6.42 Å². The van der Waals surface area contributed by atoms with Crippen LogP contribution in [0.2, 0.25) is 0 Å². The molecule has 0 aromatic heterocycles. The summed E-state index contributed by atoms with van der Waals surface area (Å²) in [6.07, 6.45) is 0.871. The lowest BCUT2D eigenvalue weighted by Crippen LogP contribution is -2.18. The summed E-state index contributed by atoms with van der Waals surface area (Å²) in [5.41, 5.74) is 6.93. The first-order valence-electron chi connectivity index (χ1n) is 4.70. The van der Waals surface area contributed by atoms with Crippen LogP contribution in [0.4, 0.5) is 0 Å². The Morgan fingerprint density at radius 2 is 2.08 bits per heavy atom. The fourth-order valence-electron chi connectivity index (χ4n) is 1.32. The molecule has 72 valence electrons. The van der Waals surface area contributed by atoms with Gasteiger partial charge in [0.15, 0.2) is 0 Å². The van der Waals surface area contributed by atoms with Crippen molar-refractivity contribution in [3.63, 3.8) is 0 Å². The van der Waals surface area contributed by atoms with Crippen LogP contribution in [0.5, 0.6) is 5.75 Å². The van der Waals surface area contributed by atoms with Crippen molar-refractivity contribution in [1.29, 1.82) is 0 Å². The third-order valence-electron chi connectivity index (χ3n) is 1.81. The molecular formula is C11H17NO. The summed E-state index contributed by atoms with van der Waals surface area (Å²) in [6, 6.07) is 8.23. The number of hydrogen-bond donors (Lipinski definition) is 1. The van der Waals surface area contributed by atoms with E-state index in [4.69, 9.17) is 10.5 Å². The summed E-state index contributed by atoms with van der Waals surface area (Å²) in [5.74, 6) is 0.960. The molecule has 0 radical (unpaired) electrons. The predicted octanol–water partition coefficient (Wildman–Crippen LogP) is 1.98. The van der Waals surface area contributed by atoms with Crippen molar-refractivity contribution in [3.8, 4) is 5.75 Å². The molecule has 0 spiro atoms. The van der Waals surface area contributed by atoms with Crippen molar-refractivity contribution in [1.82, 2.24) is 0 Å². The fourth-order valence-corrected chi connectivity index (χ4v) is 1.32. The van der Waals surface area contributed by atoms with Crippen LogP contribution in [0.15, 0.2) is 24.3 Å². The van der Waals surface area contributed by atoms with E-state index in [1.54, 1.807) is 0 Å². The highest BCUT2D eigenvalue weighted by molar-refractivity contribution is 5.33. The van der Waals surface area contributed by atoms with E-state index in [9.17, 15) is 0 Å². The van der Waals surface area contributed by atoms with Gasteiger partial charge in [0, 0.05) is 6.04 Å². The highest BCUT2D eigenvalue weighted by Crippen LogP contribution is 2.18. The van der Waals surface area contributed by atoms with Crippen molar-refractivity contribution in [3.05, 3.63) is 29.8 Å². The summed E-state index contributed by atoms with van der Waals surface area (Å²) in [7, 11) is 0. The lowest BCUT2D eigenvalue weighted by Gasteiger charge is -2.11. The Hall–Kier alpha value is -1.02. The second-order valence-electron chi connectivity index (χ2n) is 3.22. The molecule has 13 heavy (non-hydrogen) atoms. The second kappa shape index (κ2) is 4.87. The van der Waals surface area contributed by atoms with Crippen molar-refractivity contribution >= 4 is 0 Å². The Bertz CT molecular complexity index is 258. The highest BCUT2D eigenvalue weighted by Gasteiger charge is 2.03. The molecular weight excluding hydrogens is 162 g/mol. The number of ether oxygens (including phenoxy) is 1. The molecule has 0 heterocycles. The minimum atomic E-state index is 0.182. The van der Waals surface area contributed by atoms with Crippen molar-refractivity contribution in [2.24, 2.45) is 5.73 Å². The summed E-state index contributed by atoms with van der Waals surface area (Å²) in [6.45, 7) is 4.70. The Morgan fingerprint density at radius 3 is 2.69 bits per heavy atom. The minimum absolute atomic E-state index is 0.182. The van der Waals surface area contributed by atoms with Crippen LogP contribution in [-0.4, -0.2) is 12.6 Å². The Labute approximate surface area is 79.7 Å². The molecule has 1 aromatic carbocycles. The van der Waals surface area contributed by atoms with E-state index in [1.165, 1.54) is 5.56 Å². The Morgan fingerprint density at radius 1 is 1.38 bits per heavy atom. The van der Waals surface area contributed by atoms with E-state index < -0.39 is 0 Å². The molecule has 2 N–H and O–H groups in total. The first-order valence-corrected chi connectivity index (χ1v) is 4.70. The summed E-state index contributed by atoms with van der Waals surface area (Å²) < 4.78 is 5.48. The second-order valence-corrected chi connectivity index (χ2v) is 3.22. The molecule has 0 aliphatic carbocycles. The standard InChI is InChI=1S/C11H17NO/c1-3-13-11-7-5-4-6-10(11)8-9(2)12/h4-7,9H,3,8,12H2,1-2H3/t9-/m1/s1. The van der Waals surface area contributed by atoms with Crippen LogP contribution < -0.4 is 10.5 Å². The van der Waals surface area contributed by atoms with Gasteiger partial charge < -0.3 is 10.5 Å². The van der Waals surface area contributed by atoms with E-state index in [2.05, 4.69) is 6.07 Å². The SMILES string of the molecule is CCOc1ccccc1C[C@@H](C)N. The number of rotatable bonds is 4. The quantitative estimate of drug-likeness (QED) is 0.767. The fraction of sp³-hybridized carbons (Fsp3) is 0.455. The van der Waals surface area contributed by atoms with Gasteiger partial charge in [0.25, 0.3) is 0 Å².